The van der Waals surface area contributed by atoms with Crippen molar-refractivity contribution in [2.24, 2.45) is 11.1 Å². The predicted molar refractivity (Wildman–Crippen MR) is 87.8 cm³/mol. The van der Waals surface area contributed by atoms with E-state index in [2.05, 4.69) is 13.0 Å². The zero-order valence-corrected chi connectivity index (χ0v) is 12.9. The van der Waals surface area contributed by atoms with Crippen LogP contribution in [0.1, 0.15) is 13.3 Å². The maximum absolute atomic E-state index is 12.2. The number of amides is 1. The molecule has 1 fully saturated rings. The lowest BCUT2D eigenvalue weighted by Crippen LogP contribution is -2.36. The second-order valence-electron chi connectivity index (χ2n) is 6.38. The van der Waals surface area contributed by atoms with Crippen molar-refractivity contribution in [2.75, 3.05) is 26.2 Å². The van der Waals surface area contributed by atoms with Gasteiger partial charge in [-0.2, -0.15) is 0 Å². The molecule has 0 bridgehead atoms. The van der Waals surface area contributed by atoms with Crippen molar-refractivity contribution in [1.29, 1.82) is 0 Å². The first-order chi connectivity index (χ1) is 10.6. The average Bonchev–Trinajstić information content (AvgIpc) is 2.95. The first-order valence-electron chi connectivity index (χ1n) is 7.69. The Balaban J connectivity index is 1.60. The Morgan fingerprint density at radius 3 is 2.77 bits per heavy atom. The standard InChI is InChI=1S/C18H22N2O2/c1-18(12-19)8-9-20(13-18)17(21)11-22-16-7-6-14-4-2-3-5-15(14)10-16/h2-7,10H,8-9,11-13,19H2,1H3. The first-order valence-corrected chi connectivity index (χ1v) is 7.69. The van der Waals surface area contributed by atoms with Crippen molar-refractivity contribution in [1.82, 2.24) is 4.90 Å². The highest BCUT2D eigenvalue weighted by molar-refractivity contribution is 5.84. The molecule has 1 saturated heterocycles. The van der Waals surface area contributed by atoms with E-state index in [0.717, 1.165) is 30.6 Å². The average molecular weight is 298 g/mol. The number of nitrogens with two attached hydrogens (primary N) is 1. The highest BCUT2D eigenvalue weighted by Gasteiger charge is 2.34. The summed E-state index contributed by atoms with van der Waals surface area (Å²) in [7, 11) is 0. The number of benzene rings is 2. The minimum atomic E-state index is 0.0327. The van der Waals surface area contributed by atoms with Crippen LogP contribution in [-0.2, 0) is 4.79 Å². The van der Waals surface area contributed by atoms with E-state index in [-0.39, 0.29) is 17.9 Å². The SMILES string of the molecule is CC1(CN)CCN(C(=O)COc2ccc3ccccc3c2)C1. The predicted octanol–water partition coefficient (Wildman–Crippen LogP) is 2.42. The summed E-state index contributed by atoms with van der Waals surface area (Å²) >= 11 is 0. The lowest BCUT2D eigenvalue weighted by Gasteiger charge is -2.22. The molecule has 2 aromatic carbocycles. The van der Waals surface area contributed by atoms with E-state index in [0.29, 0.717) is 6.54 Å². The van der Waals surface area contributed by atoms with Crippen LogP contribution in [-0.4, -0.2) is 37.0 Å². The Labute approximate surface area is 130 Å². The van der Waals surface area contributed by atoms with Gasteiger partial charge in [-0.15, -0.1) is 0 Å². The molecule has 1 unspecified atom stereocenters. The van der Waals surface area contributed by atoms with Gasteiger partial charge in [0.05, 0.1) is 0 Å². The number of rotatable bonds is 4. The van der Waals surface area contributed by atoms with Gasteiger partial charge in [-0.1, -0.05) is 37.3 Å². The van der Waals surface area contributed by atoms with Gasteiger partial charge >= 0.3 is 0 Å². The molecule has 2 N–H and O–H groups in total. The monoisotopic (exact) mass is 298 g/mol. The van der Waals surface area contributed by atoms with Gasteiger partial charge in [0, 0.05) is 13.1 Å². The van der Waals surface area contributed by atoms with Crippen LogP contribution in [0.3, 0.4) is 0 Å². The van der Waals surface area contributed by atoms with Crippen LogP contribution in [0, 0.1) is 5.41 Å². The number of ether oxygens (including phenoxy) is 1. The van der Waals surface area contributed by atoms with Crippen LogP contribution in [0.4, 0.5) is 0 Å². The van der Waals surface area contributed by atoms with Gasteiger partial charge in [0.1, 0.15) is 5.75 Å². The minimum absolute atomic E-state index is 0.0327. The number of fused-ring (bicyclic) bond motifs is 1. The van der Waals surface area contributed by atoms with Gasteiger partial charge in [-0.3, -0.25) is 4.79 Å². The molecule has 1 heterocycles. The molecule has 1 aliphatic rings. The topological polar surface area (TPSA) is 55.6 Å². The fraction of sp³-hybridized carbons (Fsp3) is 0.389. The zero-order valence-electron chi connectivity index (χ0n) is 12.9. The highest BCUT2D eigenvalue weighted by Crippen LogP contribution is 2.28. The smallest absolute Gasteiger partial charge is 0.260 e. The largest absolute Gasteiger partial charge is 0.484 e. The highest BCUT2D eigenvalue weighted by atomic mass is 16.5. The Bertz CT molecular complexity index is 686. The van der Waals surface area contributed by atoms with E-state index in [1.165, 1.54) is 5.39 Å². The maximum Gasteiger partial charge on any atom is 0.260 e. The van der Waals surface area contributed by atoms with Crippen LogP contribution >= 0.6 is 0 Å². The number of hydrogen-bond acceptors (Lipinski definition) is 3. The summed E-state index contributed by atoms with van der Waals surface area (Å²) < 4.78 is 5.67. The van der Waals surface area contributed by atoms with E-state index in [1.807, 2.05) is 41.3 Å². The summed E-state index contributed by atoms with van der Waals surface area (Å²) in [5.41, 5.74) is 5.83. The fourth-order valence-electron chi connectivity index (χ4n) is 2.90. The molecule has 0 spiro atoms. The van der Waals surface area contributed by atoms with Crippen LogP contribution in [0.5, 0.6) is 5.75 Å². The van der Waals surface area contributed by atoms with Crippen molar-refractivity contribution in [2.45, 2.75) is 13.3 Å². The van der Waals surface area contributed by atoms with Crippen LogP contribution in [0.2, 0.25) is 0 Å². The summed E-state index contributed by atoms with van der Waals surface area (Å²) in [6.45, 7) is 4.32. The zero-order chi connectivity index (χ0) is 15.6. The second kappa shape index (κ2) is 5.97. The second-order valence-corrected chi connectivity index (χ2v) is 6.38. The summed E-state index contributed by atoms with van der Waals surface area (Å²) in [4.78, 5) is 14.1. The molecule has 2 aromatic rings. The summed E-state index contributed by atoms with van der Waals surface area (Å²) in [6.07, 6.45) is 0.964. The fourth-order valence-corrected chi connectivity index (χ4v) is 2.90. The van der Waals surface area contributed by atoms with Crippen molar-refractivity contribution in [3.63, 3.8) is 0 Å². The third kappa shape index (κ3) is 3.07. The molecular formula is C18H22N2O2. The Kier molecular flexibility index (Phi) is 4.03. The van der Waals surface area contributed by atoms with E-state index >= 15 is 0 Å². The lowest BCUT2D eigenvalue weighted by molar-refractivity contribution is -0.132. The molecule has 0 aliphatic carbocycles. The van der Waals surface area contributed by atoms with Crippen LogP contribution < -0.4 is 10.5 Å². The van der Waals surface area contributed by atoms with E-state index in [1.54, 1.807) is 0 Å². The van der Waals surface area contributed by atoms with Crippen LogP contribution in [0.15, 0.2) is 42.5 Å². The van der Waals surface area contributed by atoms with Gasteiger partial charge in [0.15, 0.2) is 6.61 Å². The maximum atomic E-state index is 12.2. The molecule has 1 aliphatic heterocycles. The van der Waals surface area contributed by atoms with Gasteiger partial charge in [-0.05, 0) is 41.3 Å². The van der Waals surface area contributed by atoms with Gasteiger partial charge in [-0.25, -0.2) is 0 Å². The molecule has 1 amide bonds. The van der Waals surface area contributed by atoms with Crippen LogP contribution in [0.25, 0.3) is 10.8 Å². The molecular weight excluding hydrogens is 276 g/mol. The van der Waals surface area contributed by atoms with Crippen molar-refractivity contribution < 1.29 is 9.53 Å². The van der Waals surface area contributed by atoms with Gasteiger partial charge in [0.2, 0.25) is 0 Å². The quantitative estimate of drug-likeness (QED) is 0.943. The summed E-state index contributed by atoms with van der Waals surface area (Å²) in [6, 6.07) is 14.0. The molecule has 0 aromatic heterocycles. The molecule has 22 heavy (non-hydrogen) atoms. The van der Waals surface area contributed by atoms with E-state index in [4.69, 9.17) is 10.5 Å². The third-order valence-electron chi connectivity index (χ3n) is 4.49. The summed E-state index contributed by atoms with van der Waals surface area (Å²) in [5, 5.41) is 2.28. The molecule has 1 atom stereocenters. The molecule has 116 valence electrons. The first kappa shape index (κ1) is 14.9. The minimum Gasteiger partial charge on any atom is -0.484 e. The van der Waals surface area contributed by atoms with Crippen molar-refractivity contribution >= 4 is 16.7 Å². The Morgan fingerprint density at radius 2 is 2.05 bits per heavy atom. The Morgan fingerprint density at radius 1 is 1.27 bits per heavy atom. The Hall–Kier alpha value is -2.07. The number of carbonyl (C=O) groups is 1. The van der Waals surface area contributed by atoms with Gasteiger partial charge < -0.3 is 15.4 Å². The number of likely N-dealkylation sites (tertiary alicyclic amines) is 1. The normalized spacial score (nSPS) is 21.3. The molecule has 4 nitrogen and oxygen atoms in total. The number of carbonyl (C=O) groups excluding carboxylic acids is 1. The third-order valence-corrected chi connectivity index (χ3v) is 4.49. The van der Waals surface area contributed by atoms with E-state index < -0.39 is 0 Å². The van der Waals surface area contributed by atoms with Crippen molar-refractivity contribution in [3.8, 4) is 5.75 Å². The molecule has 0 radical (unpaired) electrons. The van der Waals surface area contributed by atoms with Crippen molar-refractivity contribution in [3.05, 3.63) is 42.5 Å². The molecule has 3 rings (SSSR count). The molecule has 0 saturated carbocycles. The molecule has 4 heteroatoms. The number of hydrogen-bond donors (Lipinski definition) is 1. The van der Waals surface area contributed by atoms with E-state index in [9.17, 15) is 4.79 Å². The van der Waals surface area contributed by atoms with Gasteiger partial charge in [0.25, 0.3) is 5.91 Å². The lowest BCUT2D eigenvalue weighted by atomic mass is 9.90. The number of nitrogens with zero attached hydrogens (tertiary/aromatic N) is 1. The summed E-state index contributed by atoms with van der Waals surface area (Å²) in [5.74, 6) is 0.762.